The zero-order chi connectivity index (χ0) is 20.2. The lowest BCUT2D eigenvalue weighted by Gasteiger charge is -2.07. The van der Waals surface area contributed by atoms with Crippen LogP contribution in [0.2, 0.25) is 0 Å². The van der Waals surface area contributed by atoms with Gasteiger partial charge >= 0.3 is 0 Å². The molecule has 1 rings (SSSR count). The van der Waals surface area contributed by atoms with E-state index >= 15 is 0 Å². The molecule has 0 unspecified atom stereocenters. The Bertz CT molecular complexity index is 807. The van der Waals surface area contributed by atoms with E-state index in [0.717, 1.165) is 22.5 Å². The van der Waals surface area contributed by atoms with E-state index in [2.05, 4.69) is 62.3 Å². The van der Waals surface area contributed by atoms with Gasteiger partial charge < -0.3 is 5.11 Å². The number of aliphatic hydroxyl groups is 1. The van der Waals surface area contributed by atoms with Crippen molar-refractivity contribution < 1.29 is 5.11 Å². The first-order valence-electron chi connectivity index (χ1n) is 8.49. The van der Waals surface area contributed by atoms with Crippen LogP contribution in [0.25, 0.3) is 0 Å². The van der Waals surface area contributed by atoms with Gasteiger partial charge in [0.1, 0.15) is 5.76 Å². The molecule has 0 aliphatic rings. The largest absolute Gasteiger partial charge is 0.507 e. The lowest BCUT2D eigenvalue weighted by molar-refractivity contribution is 0.425. The van der Waals surface area contributed by atoms with Crippen molar-refractivity contribution >= 4 is 18.5 Å². The standard InChI is InChI=1S/C24H27NOS/c1-7-10-20(8-2)17-27-22-13-11-21(12-14-22)15-18(4)16-24(26)23(9-3)19(5)25-6/h7-14,16,26H,1-4,6,15,17H2,5H3/b20-10+,23-19+,24-16-. The van der Waals surface area contributed by atoms with Gasteiger partial charge in [0, 0.05) is 21.9 Å². The number of rotatable bonds is 11. The number of benzene rings is 1. The van der Waals surface area contributed by atoms with Crippen molar-refractivity contribution in [1.82, 2.24) is 0 Å². The Hall–Kier alpha value is -2.78. The number of allylic oxidation sites excluding steroid dienone is 7. The van der Waals surface area contributed by atoms with E-state index in [9.17, 15) is 5.11 Å². The molecule has 0 aliphatic carbocycles. The lowest BCUT2D eigenvalue weighted by atomic mass is 10.0. The summed E-state index contributed by atoms with van der Waals surface area (Å²) >= 11 is 1.75. The third-order valence-electron chi connectivity index (χ3n) is 3.80. The molecule has 0 radical (unpaired) electrons. The van der Waals surface area contributed by atoms with Crippen molar-refractivity contribution in [2.75, 3.05) is 5.75 Å². The van der Waals surface area contributed by atoms with Gasteiger partial charge in [-0.15, -0.1) is 11.8 Å². The van der Waals surface area contributed by atoms with Gasteiger partial charge in [0.2, 0.25) is 0 Å². The van der Waals surface area contributed by atoms with E-state index < -0.39 is 0 Å². The van der Waals surface area contributed by atoms with Crippen LogP contribution in [0.1, 0.15) is 12.5 Å². The highest BCUT2D eigenvalue weighted by molar-refractivity contribution is 7.99. The molecule has 140 valence electrons. The average Bonchev–Trinajstić information content (AvgIpc) is 2.66. The van der Waals surface area contributed by atoms with Crippen LogP contribution < -0.4 is 0 Å². The second kappa shape index (κ2) is 11.8. The molecule has 0 atom stereocenters. The van der Waals surface area contributed by atoms with Crippen molar-refractivity contribution in [3.63, 3.8) is 0 Å². The van der Waals surface area contributed by atoms with Gasteiger partial charge in [0.15, 0.2) is 0 Å². The number of aliphatic hydroxyl groups excluding tert-OH is 1. The molecule has 0 saturated carbocycles. The Morgan fingerprint density at radius 2 is 1.81 bits per heavy atom. The highest BCUT2D eigenvalue weighted by atomic mass is 32.2. The van der Waals surface area contributed by atoms with Gasteiger partial charge in [-0.1, -0.05) is 62.8 Å². The van der Waals surface area contributed by atoms with E-state index in [1.54, 1.807) is 36.9 Å². The summed E-state index contributed by atoms with van der Waals surface area (Å²) in [4.78, 5) is 5.02. The summed E-state index contributed by atoms with van der Waals surface area (Å²) in [7, 11) is 0. The molecular formula is C24H27NOS. The van der Waals surface area contributed by atoms with Crippen LogP contribution in [-0.4, -0.2) is 17.6 Å². The molecule has 0 spiro atoms. The molecule has 0 amide bonds. The van der Waals surface area contributed by atoms with Crippen LogP contribution in [0.15, 0.2) is 119 Å². The Morgan fingerprint density at radius 1 is 1.15 bits per heavy atom. The summed E-state index contributed by atoms with van der Waals surface area (Å²) in [5.41, 5.74) is 4.25. The molecule has 1 N–H and O–H groups in total. The van der Waals surface area contributed by atoms with Crippen molar-refractivity contribution in [2.45, 2.75) is 18.2 Å². The minimum Gasteiger partial charge on any atom is -0.507 e. The summed E-state index contributed by atoms with van der Waals surface area (Å²) in [6.45, 7) is 20.5. The third kappa shape index (κ3) is 7.55. The molecule has 0 heterocycles. The van der Waals surface area contributed by atoms with E-state index in [1.807, 2.05) is 12.2 Å². The van der Waals surface area contributed by atoms with Gasteiger partial charge in [0.25, 0.3) is 0 Å². The van der Waals surface area contributed by atoms with Crippen LogP contribution in [0.3, 0.4) is 0 Å². The predicted octanol–water partition coefficient (Wildman–Crippen LogP) is 6.78. The first kappa shape index (κ1) is 22.3. The first-order chi connectivity index (χ1) is 12.9. The maximum atomic E-state index is 10.3. The lowest BCUT2D eigenvalue weighted by Crippen LogP contribution is -1.93. The molecule has 27 heavy (non-hydrogen) atoms. The maximum absolute atomic E-state index is 10.3. The van der Waals surface area contributed by atoms with Gasteiger partial charge in [-0.05, 0) is 55.0 Å². The summed E-state index contributed by atoms with van der Waals surface area (Å²) < 4.78 is 0. The fourth-order valence-corrected chi connectivity index (χ4v) is 3.18. The Labute approximate surface area is 167 Å². The van der Waals surface area contributed by atoms with Gasteiger partial charge in [-0.25, -0.2) is 0 Å². The molecule has 0 fully saturated rings. The van der Waals surface area contributed by atoms with Gasteiger partial charge in [-0.3, -0.25) is 4.99 Å². The Kier molecular flexibility index (Phi) is 9.70. The van der Waals surface area contributed by atoms with E-state index in [-0.39, 0.29) is 5.76 Å². The topological polar surface area (TPSA) is 32.6 Å². The average molecular weight is 378 g/mol. The molecule has 2 nitrogen and oxygen atoms in total. The quantitative estimate of drug-likeness (QED) is 0.199. The minimum atomic E-state index is 0.0954. The fourth-order valence-electron chi connectivity index (χ4n) is 2.30. The smallest absolute Gasteiger partial charge is 0.124 e. The SMILES string of the molecule is C=C/C=C(\C=C)CSc1ccc(CC(=C)/C=C(O)/C(C=C)=C(\C)N=C)cc1. The summed E-state index contributed by atoms with van der Waals surface area (Å²) in [6, 6.07) is 8.33. The minimum absolute atomic E-state index is 0.0954. The highest BCUT2D eigenvalue weighted by Gasteiger charge is 2.05. The number of nitrogens with zero attached hydrogens (tertiary/aromatic N) is 1. The van der Waals surface area contributed by atoms with Crippen molar-refractivity contribution in [2.24, 2.45) is 4.99 Å². The van der Waals surface area contributed by atoms with E-state index in [0.29, 0.717) is 17.7 Å². The van der Waals surface area contributed by atoms with E-state index in [4.69, 9.17) is 0 Å². The zero-order valence-electron chi connectivity index (χ0n) is 15.9. The maximum Gasteiger partial charge on any atom is 0.124 e. The number of aliphatic imine (C=N–C) groups is 1. The predicted molar refractivity (Wildman–Crippen MR) is 122 cm³/mol. The summed E-state index contributed by atoms with van der Waals surface area (Å²) in [6.07, 6.45) is 9.44. The molecule has 1 aromatic carbocycles. The molecule has 0 bridgehead atoms. The van der Waals surface area contributed by atoms with Crippen LogP contribution in [0.5, 0.6) is 0 Å². The molecule has 3 heteroatoms. The molecular weight excluding hydrogens is 350 g/mol. The molecule has 0 saturated heterocycles. The van der Waals surface area contributed by atoms with Crippen LogP contribution in [0, 0.1) is 0 Å². The van der Waals surface area contributed by atoms with Crippen molar-refractivity contribution in [3.8, 4) is 0 Å². The van der Waals surface area contributed by atoms with Crippen molar-refractivity contribution in [1.29, 1.82) is 0 Å². The molecule has 0 aliphatic heterocycles. The van der Waals surface area contributed by atoms with Crippen molar-refractivity contribution in [3.05, 3.63) is 115 Å². The zero-order valence-corrected chi connectivity index (χ0v) is 16.8. The van der Waals surface area contributed by atoms with Crippen LogP contribution >= 0.6 is 11.8 Å². The summed E-state index contributed by atoms with van der Waals surface area (Å²) in [5.74, 6) is 0.948. The van der Waals surface area contributed by atoms with E-state index in [1.165, 1.54) is 4.90 Å². The fraction of sp³-hybridized carbons (Fsp3) is 0.125. The van der Waals surface area contributed by atoms with Gasteiger partial charge in [0.05, 0.1) is 0 Å². The van der Waals surface area contributed by atoms with Gasteiger partial charge in [-0.2, -0.15) is 0 Å². The Balaban J connectivity index is 2.76. The monoisotopic (exact) mass is 377 g/mol. The first-order valence-corrected chi connectivity index (χ1v) is 9.48. The third-order valence-corrected chi connectivity index (χ3v) is 4.89. The molecule has 1 aromatic rings. The highest BCUT2D eigenvalue weighted by Crippen LogP contribution is 2.23. The summed E-state index contributed by atoms with van der Waals surface area (Å²) in [5, 5.41) is 10.3. The second-order valence-electron chi connectivity index (χ2n) is 5.84. The Morgan fingerprint density at radius 3 is 2.33 bits per heavy atom. The number of hydrogen-bond donors (Lipinski definition) is 1. The number of thioether (sulfide) groups is 1. The van der Waals surface area contributed by atoms with Crippen LogP contribution in [-0.2, 0) is 6.42 Å². The normalized spacial score (nSPS) is 12.8. The van der Waals surface area contributed by atoms with Crippen LogP contribution in [0.4, 0.5) is 0 Å². The second-order valence-corrected chi connectivity index (χ2v) is 6.89. The molecule has 0 aromatic heterocycles. The number of hydrogen-bond acceptors (Lipinski definition) is 3.